The third-order valence-corrected chi connectivity index (χ3v) is 4.07. The Morgan fingerprint density at radius 1 is 1.63 bits per heavy atom. The van der Waals surface area contributed by atoms with Crippen LogP contribution in [0.2, 0.25) is 0 Å². The highest BCUT2D eigenvalue weighted by atomic mass is 32.2. The minimum atomic E-state index is -0.899. The first-order valence-corrected chi connectivity index (χ1v) is 7.37. The van der Waals surface area contributed by atoms with Crippen LogP contribution in [0.15, 0.2) is 23.4 Å². The van der Waals surface area contributed by atoms with Crippen molar-refractivity contribution in [2.24, 2.45) is 10.9 Å². The van der Waals surface area contributed by atoms with Crippen molar-refractivity contribution < 1.29 is 13.8 Å². The molecule has 4 N–H and O–H groups in total. The van der Waals surface area contributed by atoms with Gasteiger partial charge in [0.2, 0.25) is 0 Å². The average Bonchev–Trinajstić information content (AvgIpc) is 2.39. The fourth-order valence-corrected chi connectivity index (χ4v) is 1.88. The van der Waals surface area contributed by atoms with E-state index in [9.17, 15) is 8.60 Å². The fraction of sp³-hybridized carbons (Fsp3) is 0.417. The van der Waals surface area contributed by atoms with Crippen LogP contribution >= 0.6 is 0 Å². The van der Waals surface area contributed by atoms with Gasteiger partial charge in [-0.05, 0) is 24.6 Å². The van der Waals surface area contributed by atoms with E-state index >= 15 is 0 Å². The molecule has 106 valence electrons. The normalized spacial score (nSPS) is 15.2. The molecule has 0 aliphatic rings. The lowest BCUT2D eigenvalue weighted by Gasteiger charge is -2.12. The molecule has 1 aromatic rings. The van der Waals surface area contributed by atoms with E-state index in [4.69, 9.17) is 10.9 Å². The molecule has 7 heteroatoms. The van der Waals surface area contributed by atoms with Crippen LogP contribution in [0.5, 0.6) is 0 Å². The van der Waals surface area contributed by atoms with E-state index in [2.05, 4.69) is 10.5 Å². The van der Waals surface area contributed by atoms with Gasteiger partial charge in [-0.2, -0.15) is 0 Å². The predicted molar refractivity (Wildman–Crippen MR) is 74.1 cm³/mol. The Morgan fingerprint density at radius 2 is 2.32 bits per heavy atom. The van der Waals surface area contributed by atoms with Crippen LogP contribution in [0.4, 0.5) is 4.39 Å². The maximum atomic E-state index is 13.1. The summed E-state index contributed by atoms with van der Waals surface area (Å²) in [4.78, 5) is 0. The molecule has 0 bridgehead atoms. The first-order chi connectivity index (χ1) is 8.95. The van der Waals surface area contributed by atoms with Gasteiger partial charge < -0.3 is 16.3 Å². The summed E-state index contributed by atoms with van der Waals surface area (Å²) in [5, 5.41) is 14.7. The Balaban J connectivity index is 2.76. The molecule has 5 nitrogen and oxygen atoms in total. The van der Waals surface area contributed by atoms with Gasteiger partial charge in [0.05, 0.1) is 0 Å². The van der Waals surface area contributed by atoms with E-state index in [1.54, 1.807) is 12.3 Å². The van der Waals surface area contributed by atoms with Gasteiger partial charge in [-0.1, -0.05) is 11.2 Å². The molecule has 1 aromatic carbocycles. The Morgan fingerprint density at radius 3 is 2.89 bits per heavy atom. The van der Waals surface area contributed by atoms with Crippen molar-refractivity contribution in [1.29, 1.82) is 0 Å². The van der Waals surface area contributed by atoms with Gasteiger partial charge in [-0.25, -0.2) is 4.39 Å². The van der Waals surface area contributed by atoms with Crippen molar-refractivity contribution in [3.63, 3.8) is 0 Å². The van der Waals surface area contributed by atoms with Crippen LogP contribution < -0.4 is 11.1 Å². The third kappa shape index (κ3) is 4.60. The largest absolute Gasteiger partial charge is 0.409 e. The molecule has 0 aromatic heterocycles. The van der Waals surface area contributed by atoms with Crippen LogP contribution in [-0.4, -0.2) is 33.3 Å². The van der Waals surface area contributed by atoms with Gasteiger partial charge in [-0.3, -0.25) is 4.21 Å². The fourth-order valence-electron chi connectivity index (χ4n) is 1.52. The molecule has 2 atom stereocenters. The smallest absolute Gasteiger partial charge is 0.170 e. The first-order valence-electron chi connectivity index (χ1n) is 5.75. The lowest BCUT2D eigenvalue weighted by Crippen LogP contribution is -2.28. The summed E-state index contributed by atoms with van der Waals surface area (Å²) in [7, 11) is -0.899. The van der Waals surface area contributed by atoms with Crippen LogP contribution in [-0.2, 0) is 17.3 Å². The van der Waals surface area contributed by atoms with E-state index in [0.29, 0.717) is 24.2 Å². The molecular formula is C12H18FN3O2S. The number of hydrogen-bond donors (Lipinski definition) is 3. The van der Waals surface area contributed by atoms with Crippen molar-refractivity contribution in [3.8, 4) is 0 Å². The molecule has 1 rings (SSSR count). The van der Waals surface area contributed by atoms with Crippen molar-refractivity contribution >= 4 is 16.6 Å². The van der Waals surface area contributed by atoms with Gasteiger partial charge in [0, 0.05) is 41.0 Å². The number of nitrogens with two attached hydrogens (primary N) is 1. The number of hydrogen-bond acceptors (Lipinski definition) is 4. The molecule has 0 amide bonds. The highest BCUT2D eigenvalue weighted by molar-refractivity contribution is 7.84. The lowest BCUT2D eigenvalue weighted by molar-refractivity contribution is 0.318. The van der Waals surface area contributed by atoms with E-state index in [0.717, 1.165) is 0 Å². The summed E-state index contributed by atoms with van der Waals surface area (Å²) >= 11 is 0. The van der Waals surface area contributed by atoms with Gasteiger partial charge in [0.15, 0.2) is 5.84 Å². The SMILES string of the molecule is CC(CNCc1ccc(F)cc1/C(N)=N/O)S(C)=O. The van der Waals surface area contributed by atoms with Crippen molar-refractivity contribution in [1.82, 2.24) is 5.32 Å². The molecular weight excluding hydrogens is 269 g/mol. The van der Waals surface area contributed by atoms with E-state index in [-0.39, 0.29) is 11.1 Å². The number of halogens is 1. The predicted octanol–water partition coefficient (Wildman–Crippen LogP) is 0.777. The number of nitrogens with one attached hydrogen (secondary N) is 1. The number of amidine groups is 1. The second kappa shape index (κ2) is 7.20. The Labute approximate surface area is 114 Å². The highest BCUT2D eigenvalue weighted by Crippen LogP contribution is 2.11. The standard InChI is InChI=1S/C12H18FN3O2S/c1-8(19(2)18)6-15-7-9-3-4-10(13)5-11(9)12(14)16-17/h3-5,8,15,17H,6-7H2,1-2H3,(H2,14,16). The van der Waals surface area contributed by atoms with Gasteiger partial charge >= 0.3 is 0 Å². The molecule has 0 heterocycles. The van der Waals surface area contributed by atoms with Crippen LogP contribution in [0.1, 0.15) is 18.1 Å². The summed E-state index contributed by atoms with van der Waals surface area (Å²) in [6, 6.07) is 4.10. The van der Waals surface area contributed by atoms with Crippen LogP contribution in [0, 0.1) is 5.82 Å². The second-order valence-corrected chi connectivity index (χ2v) is 6.03. The molecule has 0 saturated carbocycles. The minimum absolute atomic E-state index is 0.0211. The molecule has 0 aliphatic heterocycles. The first kappa shape index (κ1) is 15.6. The number of rotatable bonds is 6. The molecule has 0 aliphatic carbocycles. The highest BCUT2D eigenvalue weighted by Gasteiger charge is 2.10. The average molecular weight is 287 g/mol. The summed E-state index contributed by atoms with van der Waals surface area (Å²) in [6.45, 7) is 2.86. The third-order valence-electron chi connectivity index (χ3n) is 2.77. The van der Waals surface area contributed by atoms with Crippen molar-refractivity contribution in [2.45, 2.75) is 18.7 Å². The molecule has 0 radical (unpaired) electrons. The molecule has 19 heavy (non-hydrogen) atoms. The second-order valence-electron chi connectivity index (χ2n) is 4.23. The quantitative estimate of drug-likeness (QED) is 0.312. The molecule has 0 spiro atoms. The number of benzene rings is 1. The summed E-state index contributed by atoms with van der Waals surface area (Å²) in [6.07, 6.45) is 1.64. The minimum Gasteiger partial charge on any atom is -0.409 e. The number of oxime groups is 1. The zero-order chi connectivity index (χ0) is 14.4. The zero-order valence-electron chi connectivity index (χ0n) is 10.9. The maximum Gasteiger partial charge on any atom is 0.170 e. The Kier molecular flexibility index (Phi) is 5.91. The van der Waals surface area contributed by atoms with Gasteiger partial charge in [-0.15, -0.1) is 0 Å². The molecule has 0 saturated heterocycles. The molecule has 0 fully saturated rings. The maximum absolute atomic E-state index is 13.1. The van der Waals surface area contributed by atoms with Gasteiger partial charge in [0.1, 0.15) is 5.82 Å². The van der Waals surface area contributed by atoms with E-state index in [1.165, 1.54) is 12.1 Å². The summed E-state index contributed by atoms with van der Waals surface area (Å²) in [5.74, 6) is -0.586. The topological polar surface area (TPSA) is 87.7 Å². The van der Waals surface area contributed by atoms with Gasteiger partial charge in [0.25, 0.3) is 0 Å². The monoisotopic (exact) mass is 287 g/mol. The van der Waals surface area contributed by atoms with Crippen molar-refractivity contribution in [3.05, 3.63) is 35.1 Å². The zero-order valence-corrected chi connectivity index (χ0v) is 11.7. The van der Waals surface area contributed by atoms with Crippen molar-refractivity contribution in [2.75, 3.05) is 12.8 Å². The van der Waals surface area contributed by atoms with E-state index in [1.807, 2.05) is 6.92 Å². The van der Waals surface area contributed by atoms with Crippen LogP contribution in [0.3, 0.4) is 0 Å². The number of nitrogens with zero attached hydrogens (tertiary/aromatic N) is 1. The Hall–Kier alpha value is -1.47. The Bertz CT molecular complexity index is 494. The molecule has 2 unspecified atom stereocenters. The lowest BCUT2D eigenvalue weighted by atomic mass is 10.1. The summed E-state index contributed by atoms with van der Waals surface area (Å²) < 4.78 is 24.3. The van der Waals surface area contributed by atoms with Crippen LogP contribution in [0.25, 0.3) is 0 Å². The van der Waals surface area contributed by atoms with E-state index < -0.39 is 16.6 Å². The summed E-state index contributed by atoms with van der Waals surface area (Å²) in [5.41, 5.74) is 6.56.